The molecule has 0 saturated heterocycles. The van der Waals surface area contributed by atoms with Crippen molar-refractivity contribution in [3.8, 4) is 12.1 Å². The van der Waals surface area contributed by atoms with Gasteiger partial charge in [0.15, 0.2) is 0 Å². The molecule has 0 radical (unpaired) electrons. The predicted octanol–water partition coefficient (Wildman–Crippen LogP) is 1.24. The van der Waals surface area contributed by atoms with Gasteiger partial charge < -0.3 is 0 Å². The van der Waals surface area contributed by atoms with Crippen molar-refractivity contribution in [1.82, 2.24) is 0 Å². The summed E-state index contributed by atoms with van der Waals surface area (Å²) in [5, 5.41) is 15.0. The van der Waals surface area contributed by atoms with E-state index in [0.29, 0.717) is 0 Å². The molecular weight excluding hydrogens is 396 g/mol. The van der Waals surface area contributed by atoms with E-state index in [1.807, 2.05) is 0 Å². The first kappa shape index (κ1) is 45.7. The third-order valence-corrected chi connectivity index (χ3v) is 0.183. The van der Waals surface area contributed by atoms with E-state index in [1.54, 1.807) is 12.1 Å². The van der Waals surface area contributed by atoms with Crippen LogP contribution >= 0.6 is 0 Å². The molecule has 0 aliphatic rings. The third kappa shape index (κ3) is 176000. The largest absolute Gasteiger partial charge is 0 e. The van der Waals surface area contributed by atoms with Crippen molar-refractivity contribution >= 4 is 0 Å². The average Bonchev–Trinajstić information content (AvgIpc) is 2.47. The SMILES string of the molecule is C=CC#N.C=CC#N.[C-]#[O+].[C-]#[O+].[C-]#[O+].[C-]#[O+].[W]. The second-order valence-corrected chi connectivity index (χ2v) is 0.666. The van der Waals surface area contributed by atoms with Gasteiger partial charge in [-0.15, -0.1) is 0 Å². The fourth-order valence-electron chi connectivity index (χ4n) is 0. The Labute approximate surface area is 114 Å². The average molecular weight is 402 g/mol. The molecule has 0 aromatic rings. The van der Waals surface area contributed by atoms with Gasteiger partial charge in [0.25, 0.3) is 0 Å². The Hall–Kier alpha value is -1.89. The Kier molecular flexibility index (Phi) is 1470. The smallest absolute Gasteiger partial charge is 0 e. The van der Waals surface area contributed by atoms with Crippen LogP contribution in [-0.2, 0) is 39.7 Å². The molecule has 0 aromatic heterocycles. The molecule has 7 heteroatoms. The van der Waals surface area contributed by atoms with Gasteiger partial charge in [0, 0.05) is 33.2 Å². The second kappa shape index (κ2) is 545. The van der Waals surface area contributed by atoms with Crippen molar-refractivity contribution in [3.63, 3.8) is 0 Å². The summed E-state index contributed by atoms with van der Waals surface area (Å²) in [5.41, 5.74) is 0. The predicted molar refractivity (Wildman–Crippen MR) is 47.3 cm³/mol. The van der Waals surface area contributed by atoms with Crippen LogP contribution in [0.15, 0.2) is 25.3 Å². The standard InChI is InChI=1S/2C3H3N.4CO.W/c2*1-2-3-4;4*1-2;/h2*2H,1H2;;;;;. The second-order valence-electron chi connectivity index (χ2n) is 0.666. The van der Waals surface area contributed by atoms with Gasteiger partial charge in [-0.05, 0) is 0 Å². The van der Waals surface area contributed by atoms with Crippen molar-refractivity contribution in [1.29, 1.82) is 10.5 Å². The monoisotopic (exact) mass is 402 g/mol. The van der Waals surface area contributed by atoms with E-state index in [2.05, 4.69) is 39.8 Å². The zero-order chi connectivity index (χ0) is 14.8. The molecular formula is C10H6N2O4W. The number of rotatable bonds is 0. The summed E-state index contributed by atoms with van der Waals surface area (Å²) in [6, 6.07) is 3.39. The van der Waals surface area contributed by atoms with Crippen molar-refractivity contribution in [2.24, 2.45) is 0 Å². The molecule has 0 heterocycles. The minimum Gasteiger partial charge on any atom is 0 e. The molecule has 0 saturated carbocycles. The molecule has 0 aliphatic heterocycles. The van der Waals surface area contributed by atoms with Gasteiger partial charge in [0.2, 0.25) is 0 Å². The van der Waals surface area contributed by atoms with Crippen molar-refractivity contribution < 1.29 is 39.7 Å². The molecule has 0 aromatic carbocycles. The summed E-state index contributed by atoms with van der Waals surface area (Å²) >= 11 is 0. The molecule has 0 aliphatic carbocycles. The maximum Gasteiger partial charge on any atom is 0 e. The van der Waals surface area contributed by atoms with Crippen LogP contribution in [0.3, 0.4) is 0 Å². The molecule has 17 heavy (non-hydrogen) atoms. The first-order chi connectivity index (χ1) is 7.83. The maximum atomic E-state index is 7.51. The van der Waals surface area contributed by atoms with E-state index < -0.39 is 0 Å². The van der Waals surface area contributed by atoms with Crippen LogP contribution in [0.4, 0.5) is 0 Å². The molecule has 6 nitrogen and oxygen atoms in total. The number of hydrogen-bond donors (Lipinski definition) is 0. The molecule has 0 atom stereocenters. The van der Waals surface area contributed by atoms with Crippen LogP contribution in [-0.4, -0.2) is 0 Å². The summed E-state index contributed by atoms with van der Waals surface area (Å²) in [4.78, 5) is 0. The minimum atomic E-state index is 0. The van der Waals surface area contributed by atoms with Crippen LogP contribution in [0.1, 0.15) is 0 Å². The van der Waals surface area contributed by atoms with E-state index in [4.69, 9.17) is 29.1 Å². The Balaban J connectivity index is -0.0000000146. The van der Waals surface area contributed by atoms with E-state index in [-0.39, 0.29) is 21.1 Å². The van der Waals surface area contributed by atoms with Crippen LogP contribution in [0.25, 0.3) is 0 Å². The number of hydrogen-bond acceptors (Lipinski definition) is 2. The Morgan fingerprint density at radius 2 is 0.765 bits per heavy atom. The third-order valence-electron chi connectivity index (χ3n) is 0.183. The molecule has 0 amide bonds. The Morgan fingerprint density at radius 3 is 0.765 bits per heavy atom. The maximum absolute atomic E-state index is 7.51. The molecule has 0 fully saturated rings. The van der Waals surface area contributed by atoms with Crippen LogP contribution in [0.5, 0.6) is 0 Å². The summed E-state index contributed by atoms with van der Waals surface area (Å²) in [6.45, 7) is 24.2. The van der Waals surface area contributed by atoms with Gasteiger partial charge in [-0.25, -0.2) is 0 Å². The quantitative estimate of drug-likeness (QED) is 0.343. The Bertz CT molecular complexity index is 237. The van der Waals surface area contributed by atoms with Crippen LogP contribution < -0.4 is 0 Å². The first-order valence-electron chi connectivity index (χ1n) is 2.66. The van der Waals surface area contributed by atoms with Gasteiger partial charge in [0.1, 0.15) is 0 Å². The molecule has 0 unspecified atom stereocenters. The fraction of sp³-hybridized carbons (Fsp3) is 0. The molecule has 86 valence electrons. The van der Waals surface area contributed by atoms with Crippen molar-refractivity contribution in [2.45, 2.75) is 0 Å². The van der Waals surface area contributed by atoms with Crippen molar-refractivity contribution in [2.75, 3.05) is 0 Å². The van der Waals surface area contributed by atoms with Crippen LogP contribution in [0.2, 0.25) is 0 Å². The number of nitrogens with zero attached hydrogens (tertiary/aromatic N) is 2. The fourth-order valence-corrected chi connectivity index (χ4v) is 0. The van der Waals surface area contributed by atoms with Crippen molar-refractivity contribution in [3.05, 3.63) is 51.9 Å². The summed E-state index contributed by atoms with van der Waals surface area (Å²) < 4.78 is 30.0. The van der Waals surface area contributed by atoms with Gasteiger partial charge >= 0.3 is 45.2 Å². The van der Waals surface area contributed by atoms with Crippen LogP contribution in [0, 0.1) is 49.3 Å². The number of allylic oxidation sites excluding steroid dienone is 2. The van der Waals surface area contributed by atoms with E-state index in [9.17, 15) is 0 Å². The van der Waals surface area contributed by atoms with E-state index in [1.165, 1.54) is 12.2 Å². The van der Waals surface area contributed by atoms with Gasteiger partial charge in [-0.2, -0.15) is 10.5 Å². The van der Waals surface area contributed by atoms with Gasteiger partial charge in [0.05, 0.1) is 12.1 Å². The van der Waals surface area contributed by atoms with Gasteiger partial charge in [-0.3, -0.25) is 0 Å². The zero-order valence-electron chi connectivity index (χ0n) is 8.50. The summed E-state index contributed by atoms with van der Waals surface area (Å²) in [7, 11) is 0. The molecule has 0 bridgehead atoms. The topological polar surface area (TPSA) is 127 Å². The molecule has 0 N–H and O–H groups in total. The minimum absolute atomic E-state index is 0. The molecule has 0 spiro atoms. The molecule has 0 rings (SSSR count). The zero-order valence-corrected chi connectivity index (χ0v) is 11.4. The Morgan fingerprint density at radius 1 is 0.706 bits per heavy atom. The normalized spacial score (nSPS) is 2.24. The first-order valence-corrected chi connectivity index (χ1v) is 2.66. The van der Waals surface area contributed by atoms with Gasteiger partial charge in [-0.1, -0.05) is 13.2 Å². The number of nitriles is 2. The van der Waals surface area contributed by atoms with E-state index >= 15 is 0 Å². The summed E-state index contributed by atoms with van der Waals surface area (Å²) in [5.74, 6) is 0. The van der Waals surface area contributed by atoms with E-state index in [0.717, 1.165) is 0 Å². The summed E-state index contributed by atoms with van der Waals surface area (Å²) in [6.07, 6.45) is 2.36.